The Morgan fingerprint density at radius 2 is 2.18 bits per heavy atom. The average molecular weight is 153 g/mol. The van der Waals surface area contributed by atoms with Gasteiger partial charge < -0.3 is 5.32 Å². The molecule has 64 valence electrons. The van der Waals surface area contributed by atoms with E-state index in [1.165, 1.54) is 25.7 Å². The van der Waals surface area contributed by atoms with Crippen molar-refractivity contribution in [1.29, 1.82) is 0 Å². The van der Waals surface area contributed by atoms with Crippen molar-refractivity contribution in [1.82, 2.24) is 5.32 Å². The molecule has 0 aliphatic heterocycles. The Balaban J connectivity index is 1.66. The lowest BCUT2D eigenvalue weighted by Gasteiger charge is -2.11. The summed E-state index contributed by atoms with van der Waals surface area (Å²) < 4.78 is 0. The summed E-state index contributed by atoms with van der Waals surface area (Å²) in [5.74, 6) is 2.03. The summed E-state index contributed by atoms with van der Waals surface area (Å²) in [6.07, 6.45) is 5.75. The highest BCUT2D eigenvalue weighted by atomic mass is 15.0. The molecule has 0 bridgehead atoms. The van der Waals surface area contributed by atoms with E-state index >= 15 is 0 Å². The van der Waals surface area contributed by atoms with E-state index in [0.29, 0.717) is 0 Å². The highest BCUT2D eigenvalue weighted by Crippen LogP contribution is 2.37. The molecule has 2 aliphatic carbocycles. The third-order valence-corrected chi connectivity index (χ3v) is 3.25. The molecular weight excluding hydrogens is 134 g/mol. The SMILES string of the molecule is CCC1CC1NC(C)C1CC1. The van der Waals surface area contributed by atoms with Gasteiger partial charge in [0.15, 0.2) is 0 Å². The van der Waals surface area contributed by atoms with Gasteiger partial charge in [0.05, 0.1) is 0 Å². The van der Waals surface area contributed by atoms with E-state index in [9.17, 15) is 0 Å². The molecule has 3 atom stereocenters. The number of nitrogens with one attached hydrogen (secondary N) is 1. The summed E-state index contributed by atoms with van der Waals surface area (Å²) in [6, 6.07) is 1.69. The Bertz CT molecular complexity index is 140. The summed E-state index contributed by atoms with van der Waals surface area (Å²) in [4.78, 5) is 0. The molecule has 0 radical (unpaired) electrons. The predicted molar refractivity (Wildman–Crippen MR) is 47.5 cm³/mol. The minimum absolute atomic E-state index is 0.802. The summed E-state index contributed by atoms with van der Waals surface area (Å²) in [5, 5.41) is 3.72. The van der Waals surface area contributed by atoms with Crippen LogP contribution in [0.1, 0.15) is 39.5 Å². The van der Waals surface area contributed by atoms with Crippen LogP contribution < -0.4 is 5.32 Å². The van der Waals surface area contributed by atoms with Crippen molar-refractivity contribution < 1.29 is 0 Å². The quantitative estimate of drug-likeness (QED) is 0.652. The van der Waals surface area contributed by atoms with Crippen molar-refractivity contribution in [3.63, 3.8) is 0 Å². The number of hydrogen-bond acceptors (Lipinski definition) is 1. The van der Waals surface area contributed by atoms with Gasteiger partial charge in [-0.25, -0.2) is 0 Å². The monoisotopic (exact) mass is 153 g/mol. The van der Waals surface area contributed by atoms with Gasteiger partial charge in [0.2, 0.25) is 0 Å². The Morgan fingerprint density at radius 3 is 2.64 bits per heavy atom. The lowest BCUT2D eigenvalue weighted by atomic mass is 10.2. The van der Waals surface area contributed by atoms with E-state index in [4.69, 9.17) is 0 Å². The Labute approximate surface area is 69.6 Å². The maximum absolute atomic E-state index is 3.72. The van der Waals surface area contributed by atoms with Gasteiger partial charge in [-0.3, -0.25) is 0 Å². The molecule has 0 spiro atoms. The fraction of sp³-hybridized carbons (Fsp3) is 1.00. The van der Waals surface area contributed by atoms with E-state index in [0.717, 1.165) is 23.9 Å². The molecular formula is C10H19N. The third kappa shape index (κ3) is 1.76. The van der Waals surface area contributed by atoms with E-state index in [-0.39, 0.29) is 0 Å². The lowest BCUT2D eigenvalue weighted by Crippen LogP contribution is -2.30. The summed E-state index contributed by atoms with van der Waals surface area (Å²) in [6.45, 7) is 4.65. The second-order valence-electron chi connectivity index (χ2n) is 4.30. The van der Waals surface area contributed by atoms with Crippen molar-refractivity contribution >= 4 is 0 Å². The molecule has 1 heteroatoms. The maximum Gasteiger partial charge on any atom is 0.0102 e. The molecule has 0 aromatic carbocycles. The van der Waals surface area contributed by atoms with Gasteiger partial charge in [-0.2, -0.15) is 0 Å². The van der Waals surface area contributed by atoms with Gasteiger partial charge in [-0.05, 0) is 38.0 Å². The molecule has 2 saturated carbocycles. The second-order valence-corrected chi connectivity index (χ2v) is 4.30. The first-order valence-corrected chi connectivity index (χ1v) is 5.07. The molecule has 2 rings (SSSR count). The van der Waals surface area contributed by atoms with E-state index in [2.05, 4.69) is 19.2 Å². The van der Waals surface area contributed by atoms with Crippen LogP contribution in [-0.2, 0) is 0 Å². The normalized spacial score (nSPS) is 38.7. The topological polar surface area (TPSA) is 12.0 Å². The fourth-order valence-electron chi connectivity index (χ4n) is 1.97. The summed E-state index contributed by atoms with van der Waals surface area (Å²) in [5.41, 5.74) is 0. The van der Waals surface area contributed by atoms with Gasteiger partial charge in [-0.1, -0.05) is 13.3 Å². The van der Waals surface area contributed by atoms with Crippen molar-refractivity contribution in [3.8, 4) is 0 Å². The highest BCUT2D eigenvalue weighted by Gasteiger charge is 2.38. The summed E-state index contributed by atoms with van der Waals surface area (Å²) in [7, 11) is 0. The van der Waals surface area contributed by atoms with Crippen molar-refractivity contribution in [2.24, 2.45) is 11.8 Å². The van der Waals surface area contributed by atoms with Crippen LogP contribution in [0.5, 0.6) is 0 Å². The molecule has 1 nitrogen and oxygen atoms in total. The largest absolute Gasteiger partial charge is 0.311 e. The van der Waals surface area contributed by atoms with Crippen molar-refractivity contribution in [2.45, 2.75) is 51.6 Å². The maximum atomic E-state index is 3.72. The van der Waals surface area contributed by atoms with Crippen LogP contribution in [0.25, 0.3) is 0 Å². The second kappa shape index (κ2) is 2.78. The van der Waals surface area contributed by atoms with E-state index in [1.807, 2.05) is 0 Å². The van der Waals surface area contributed by atoms with Crippen LogP contribution in [0.2, 0.25) is 0 Å². The van der Waals surface area contributed by atoms with Gasteiger partial charge in [0.25, 0.3) is 0 Å². The predicted octanol–water partition coefficient (Wildman–Crippen LogP) is 2.17. The van der Waals surface area contributed by atoms with Gasteiger partial charge in [-0.15, -0.1) is 0 Å². The zero-order valence-electron chi connectivity index (χ0n) is 7.64. The zero-order chi connectivity index (χ0) is 7.84. The average Bonchev–Trinajstić information content (AvgIpc) is 2.84. The minimum atomic E-state index is 0.802. The van der Waals surface area contributed by atoms with Crippen LogP contribution >= 0.6 is 0 Å². The minimum Gasteiger partial charge on any atom is -0.311 e. The fourth-order valence-corrected chi connectivity index (χ4v) is 1.97. The van der Waals surface area contributed by atoms with Crippen LogP contribution in [0.4, 0.5) is 0 Å². The van der Waals surface area contributed by atoms with Gasteiger partial charge in [0, 0.05) is 12.1 Å². The van der Waals surface area contributed by atoms with E-state index in [1.54, 1.807) is 0 Å². The van der Waals surface area contributed by atoms with Crippen LogP contribution in [0.15, 0.2) is 0 Å². The molecule has 0 heterocycles. The smallest absolute Gasteiger partial charge is 0.0102 e. The Kier molecular flexibility index (Phi) is 1.92. The molecule has 1 N–H and O–H groups in total. The molecule has 0 aromatic rings. The lowest BCUT2D eigenvalue weighted by molar-refractivity contribution is 0.476. The molecule has 2 aliphatic rings. The molecule has 0 saturated heterocycles. The number of rotatable bonds is 4. The standard InChI is InChI=1S/C10H19N/c1-3-8-6-10(8)11-7(2)9-4-5-9/h7-11H,3-6H2,1-2H3. The zero-order valence-corrected chi connectivity index (χ0v) is 7.64. The Morgan fingerprint density at radius 1 is 1.45 bits per heavy atom. The van der Waals surface area contributed by atoms with Crippen molar-refractivity contribution in [2.75, 3.05) is 0 Å². The summed E-state index contributed by atoms with van der Waals surface area (Å²) >= 11 is 0. The first-order chi connectivity index (χ1) is 5.31. The van der Waals surface area contributed by atoms with Crippen LogP contribution in [0, 0.1) is 11.8 Å². The third-order valence-electron chi connectivity index (χ3n) is 3.25. The highest BCUT2D eigenvalue weighted by molar-refractivity contribution is 4.96. The first kappa shape index (κ1) is 7.60. The molecule has 11 heavy (non-hydrogen) atoms. The van der Waals surface area contributed by atoms with E-state index < -0.39 is 0 Å². The van der Waals surface area contributed by atoms with Crippen LogP contribution in [-0.4, -0.2) is 12.1 Å². The van der Waals surface area contributed by atoms with Crippen LogP contribution in [0.3, 0.4) is 0 Å². The number of hydrogen-bond donors (Lipinski definition) is 1. The van der Waals surface area contributed by atoms with Crippen molar-refractivity contribution in [3.05, 3.63) is 0 Å². The molecule has 0 amide bonds. The Hall–Kier alpha value is -0.0400. The van der Waals surface area contributed by atoms with Gasteiger partial charge >= 0.3 is 0 Å². The molecule has 0 aromatic heterocycles. The van der Waals surface area contributed by atoms with Gasteiger partial charge in [0.1, 0.15) is 0 Å². The molecule has 2 fully saturated rings. The molecule has 3 unspecified atom stereocenters. The first-order valence-electron chi connectivity index (χ1n) is 5.07.